The summed E-state index contributed by atoms with van der Waals surface area (Å²) in [4.78, 5) is 6.71. The zero-order chi connectivity index (χ0) is 21.3. The van der Waals surface area contributed by atoms with Gasteiger partial charge < -0.3 is 14.5 Å². The van der Waals surface area contributed by atoms with Crippen LogP contribution in [-0.2, 0) is 0 Å². The Morgan fingerprint density at radius 3 is 1.84 bits per heavy atom. The van der Waals surface area contributed by atoms with Crippen molar-refractivity contribution in [3.63, 3.8) is 0 Å². The molecule has 2 N–H and O–H groups in total. The van der Waals surface area contributed by atoms with E-state index in [9.17, 15) is 0 Å². The second-order valence-electron chi connectivity index (χ2n) is 7.68. The highest BCUT2D eigenvalue weighted by molar-refractivity contribution is 7.68. The lowest BCUT2D eigenvalue weighted by Gasteiger charge is -2.21. The van der Waals surface area contributed by atoms with Crippen molar-refractivity contribution in [2.75, 3.05) is 0 Å². The third-order valence-electron chi connectivity index (χ3n) is 5.74. The van der Waals surface area contributed by atoms with Gasteiger partial charge in [0.15, 0.2) is 8.15 Å². The third kappa shape index (κ3) is 3.28. The lowest BCUT2D eigenvalue weighted by atomic mass is 9.93. The molecule has 0 amide bonds. The molecule has 154 valence electrons. The van der Waals surface area contributed by atoms with Crippen molar-refractivity contribution in [2.45, 2.75) is 0 Å². The highest BCUT2D eigenvalue weighted by Gasteiger charge is 2.22. The van der Waals surface area contributed by atoms with E-state index >= 15 is 0 Å². The Balaban J connectivity index is 1.60. The monoisotopic (exact) mass is 432 g/mol. The number of aromatic amines is 2. The summed E-state index contributed by atoms with van der Waals surface area (Å²) in [6.45, 7) is 0. The molecule has 0 radical (unpaired) electrons. The van der Waals surface area contributed by atoms with Crippen LogP contribution in [0, 0.1) is 0 Å². The fourth-order valence-corrected chi connectivity index (χ4v) is 5.90. The van der Waals surface area contributed by atoms with Gasteiger partial charge in [-0.15, -0.1) is 0 Å². The van der Waals surface area contributed by atoms with Crippen molar-refractivity contribution in [2.24, 2.45) is 0 Å². The Morgan fingerprint density at radius 2 is 1.16 bits per heavy atom. The topological polar surface area (TPSA) is 40.8 Å². The largest absolute Gasteiger partial charge is 0.461 e. The number of nitrogens with one attached hydrogen (secondary N) is 2. The van der Waals surface area contributed by atoms with Gasteiger partial charge in [0, 0.05) is 18.0 Å². The van der Waals surface area contributed by atoms with Crippen molar-refractivity contribution in [1.82, 2.24) is 9.97 Å². The molecule has 0 atom stereocenters. The smallest absolute Gasteiger partial charge is 0.184 e. The van der Waals surface area contributed by atoms with E-state index < -0.39 is 8.15 Å². The third-order valence-corrected chi connectivity index (χ3v) is 7.55. The van der Waals surface area contributed by atoms with Crippen LogP contribution in [0.2, 0.25) is 0 Å². The minimum absolute atomic E-state index is 0.885. The Labute approximate surface area is 187 Å². The molecule has 0 fully saturated rings. The first-order chi connectivity index (χ1) is 15.9. The lowest BCUT2D eigenvalue weighted by Crippen LogP contribution is -2.17. The van der Waals surface area contributed by atoms with Gasteiger partial charge in [-0.3, -0.25) is 0 Å². The van der Waals surface area contributed by atoms with E-state index in [1.165, 1.54) is 27.1 Å². The number of fused-ring (bicyclic) bond motifs is 2. The van der Waals surface area contributed by atoms with Gasteiger partial charge in [0.05, 0.1) is 10.9 Å². The molecule has 6 rings (SSSR count). The predicted molar refractivity (Wildman–Crippen MR) is 135 cm³/mol. The summed E-state index contributed by atoms with van der Waals surface area (Å²) in [6, 6.07) is 36.0. The molecular weight excluding hydrogens is 411 g/mol. The summed E-state index contributed by atoms with van der Waals surface area (Å²) in [5.74, 6) is 0.885. The average Bonchev–Trinajstić information content (AvgIpc) is 3.57. The van der Waals surface area contributed by atoms with Crippen LogP contribution in [0.25, 0.3) is 32.7 Å². The number of hydrogen-bond acceptors (Lipinski definition) is 1. The van der Waals surface area contributed by atoms with Gasteiger partial charge in [0.1, 0.15) is 5.75 Å². The minimum atomic E-state index is -1.07. The van der Waals surface area contributed by atoms with Gasteiger partial charge in [0.25, 0.3) is 0 Å². The normalized spacial score (nSPS) is 11.4. The predicted octanol–water partition coefficient (Wildman–Crippen LogP) is 6.74. The van der Waals surface area contributed by atoms with Crippen molar-refractivity contribution in [3.8, 4) is 16.9 Å². The first-order valence-electron chi connectivity index (χ1n) is 10.6. The first-order valence-corrected chi connectivity index (χ1v) is 11.9. The van der Waals surface area contributed by atoms with Crippen molar-refractivity contribution in [1.29, 1.82) is 0 Å². The van der Waals surface area contributed by atoms with E-state index in [0.29, 0.717) is 0 Å². The Kier molecular flexibility index (Phi) is 4.75. The zero-order valence-electron chi connectivity index (χ0n) is 17.3. The molecule has 4 heteroatoms. The van der Waals surface area contributed by atoms with Crippen LogP contribution in [0.3, 0.4) is 0 Å². The molecule has 32 heavy (non-hydrogen) atoms. The number of hydrogen-bond donors (Lipinski definition) is 2. The van der Waals surface area contributed by atoms with Crippen LogP contribution in [0.1, 0.15) is 0 Å². The van der Waals surface area contributed by atoms with Crippen molar-refractivity contribution >= 4 is 40.6 Å². The highest BCUT2D eigenvalue weighted by Crippen LogP contribution is 2.45. The van der Waals surface area contributed by atoms with Crippen LogP contribution in [0.4, 0.5) is 0 Å². The summed E-state index contributed by atoms with van der Waals surface area (Å²) in [5, 5.41) is 4.83. The summed E-state index contributed by atoms with van der Waals surface area (Å²) in [6.07, 6.45) is 3.89. The molecule has 0 saturated heterocycles. The zero-order valence-corrected chi connectivity index (χ0v) is 18.2. The lowest BCUT2D eigenvalue weighted by molar-refractivity contribution is 0.632. The standard InChI is InChI=1S/C28H21N2OP/c1-3-11-22-20(8-1)10-5-13-24(22)28-23-12-4-2-9-21(23)16-17-25(28)31-32(26-14-6-18-29-26)27-15-7-19-30-27/h1-19,29-30H. The minimum Gasteiger partial charge on any atom is -0.461 e. The van der Waals surface area contributed by atoms with E-state index in [2.05, 4.69) is 101 Å². The van der Waals surface area contributed by atoms with E-state index in [-0.39, 0.29) is 0 Å². The molecule has 0 bridgehead atoms. The van der Waals surface area contributed by atoms with Gasteiger partial charge in [0.2, 0.25) is 0 Å². The maximum Gasteiger partial charge on any atom is 0.184 e. The van der Waals surface area contributed by atoms with Gasteiger partial charge in [-0.25, -0.2) is 0 Å². The van der Waals surface area contributed by atoms with E-state index in [0.717, 1.165) is 22.2 Å². The van der Waals surface area contributed by atoms with E-state index in [1.54, 1.807) is 0 Å². The molecule has 2 aromatic heterocycles. The molecule has 6 aromatic rings. The molecular formula is C28H21N2OP. The molecule has 0 unspecified atom stereocenters. The maximum atomic E-state index is 6.85. The Morgan fingerprint density at radius 1 is 0.531 bits per heavy atom. The molecule has 0 aliphatic rings. The van der Waals surface area contributed by atoms with Gasteiger partial charge in [-0.05, 0) is 57.4 Å². The van der Waals surface area contributed by atoms with Gasteiger partial charge in [-0.1, -0.05) is 72.8 Å². The Bertz CT molecular complexity index is 1460. The van der Waals surface area contributed by atoms with Crippen LogP contribution in [0.15, 0.2) is 116 Å². The summed E-state index contributed by atoms with van der Waals surface area (Å²) in [7, 11) is -1.07. The van der Waals surface area contributed by atoms with Crippen LogP contribution in [0.5, 0.6) is 5.75 Å². The first kappa shape index (κ1) is 18.9. The van der Waals surface area contributed by atoms with Crippen molar-refractivity contribution in [3.05, 3.63) is 116 Å². The van der Waals surface area contributed by atoms with Crippen LogP contribution in [-0.4, -0.2) is 9.97 Å². The van der Waals surface area contributed by atoms with Crippen molar-refractivity contribution < 1.29 is 4.52 Å². The quantitative estimate of drug-likeness (QED) is 0.291. The fourth-order valence-electron chi connectivity index (χ4n) is 4.27. The fraction of sp³-hybridized carbons (Fsp3) is 0. The molecule has 0 saturated carbocycles. The SMILES string of the molecule is c1c[nH]c(P(Oc2ccc3ccccc3c2-c2cccc3ccccc23)c2ccc[nH]2)c1. The van der Waals surface area contributed by atoms with Gasteiger partial charge >= 0.3 is 0 Å². The molecule has 4 aromatic carbocycles. The van der Waals surface area contributed by atoms with E-state index in [1.807, 2.05) is 24.5 Å². The second-order valence-corrected chi connectivity index (χ2v) is 9.42. The number of benzene rings is 4. The molecule has 0 aliphatic carbocycles. The summed E-state index contributed by atoms with van der Waals surface area (Å²) >= 11 is 0. The molecule has 2 heterocycles. The molecule has 3 nitrogen and oxygen atoms in total. The van der Waals surface area contributed by atoms with E-state index in [4.69, 9.17) is 4.52 Å². The van der Waals surface area contributed by atoms with Crippen LogP contribution >= 0.6 is 8.15 Å². The maximum absolute atomic E-state index is 6.85. The highest BCUT2D eigenvalue weighted by atomic mass is 31.1. The number of rotatable bonds is 5. The Hall–Kier alpha value is -3.81. The summed E-state index contributed by atoms with van der Waals surface area (Å²) in [5.41, 5.74) is 4.45. The molecule has 0 aliphatic heterocycles. The van der Waals surface area contributed by atoms with Crippen LogP contribution < -0.4 is 15.4 Å². The summed E-state index contributed by atoms with van der Waals surface area (Å²) < 4.78 is 6.85. The average molecular weight is 432 g/mol. The number of H-pyrrole nitrogens is 2. The number of aromatic nitrogens is 2. The van der Waals surface area contributed by atoms with Gasteiger partial charge in [-0.2, -0.15) is 0 Å². The molecule has 0 spiro atoms. The second kappa shape index (κ2) is 8.03.